The number of aliphatic imine (C=N–C) groups is 1. The largest absolute Gasteiger partial charge is 0.328 e. The van der Waals surface area contributed by atoms with Crippen molar-refractivity contribution in [2.45, 2.75) is 39.5 Å². The van der Waals surface area contributed by atoms with Crippen molar-refractivity contribution < 1.29 is 9.59 Å². The first kappa shape index (κ1) is 18.8. The highest BCUT2D eigenvalue weighted by Crippen LogP contribution is 2.37. The van der Waals surface area contributed by atoms with Gasteiger partial charge in [-0.2, -0.15) is 0 Å². The van der Waals surface area contributed by atoms with Gasteiger partial charge in [0.1, 0.15) is 0 Å². The maximum Gasteiger partial charge on any atom is 0.328 e. The van der Waals surface area contributed by atoms with E-state index in [2.05, 4.69) is 0 Å². The van der Waals surface area contributed by atoms with Gasteiger partial charge in [-0.25, -0.2) is 9.79 Å². The molecular weight excluding hydrogens is 378 g/mol. The number of carbonyl (C=O) groups excluding carboxylic acids is 2. The van der Waals surface area contributed by atoms with Crippen molar-refractivity contribution in [1.82, 2.24) is 19.6 Å². The summed E-state index contributed by atoms with van der Waals surface area (Å²) in [7, 11) is 1.71. The zero-order chi connectivity index (χ0) is 20.2. The zero-order valence-corrected chi connectivity index (χ0v) is 17.3. The summed E-state index contributed by atoms with van der Waals surface area (Å²) in [4.78, 5) is 38.0. The number of hydrogen-bond donors (Lipinski definition) is 0. The van der Waals surface area contributed by atoms with Gasteiger partial charge in [0.15, 0.2) is 12.2 Å². The zero-order valence-electron chi connectivity index (χ0n) is 16.5. The second-order valence-electron chi connectivity index (χ2n) is 7.48. The second kappa shape index (κ2) is 6.81. The van der Waals surface area contributed by atoms with Gasteiger partial charge in [-0.1, -0.05) is 29.8 Å². The first-order valence-electron chi connectivity index (χ1n) is 9.37. The van der Waals surface area contributed by atoms with Gasteiger partial charge >= 0.3 is 6.03 Å². The summed E-state index contributed by atoms with van der Waals surface area (Å²) in [5, 5.41) is 0. The lowest BCUT2D eigenvalue weighted by Gasteiger charge is -2.40. The fraction of sp³-hybridized carbons (Fsp3) is 0.450. The van der Waals surface area contributed by atoms with E-state index in [9.17, 15) is 9.59 Å². The second-order valence-corrected chi connectivity index (χ2v) is 7.85. The molecule has 3 amide bonds. The maximum absolute atomic E-state index is 13.4. The molecule has 8 heteroatoms. The average Bonchev–Trinajstić information content (AvgIpc) is 3.16. The molecule has 4 rings (SSSR count). The minimum atomic E-state index is -0.544. The molecule has 3 heterocycles. The Bertz CT molecular complexity index is 912. The summed E-state index contributed by atoms with van der Waals surface area (Å²) in [5.41, 5.74) is 4.04. The Morgan fingerprint density at radius 3 is 2.54 bits per heavy atom. The summed E-state index contributed by atoms with van der Waals surface area (Å²) >= 11 is 5.97. The van der Waals surface area contributed by atoms with E-state index in [0.717, 1.165) is 22.5 Å². The number of rotatable bonds is 4. The van der Waals surface area contributed by atoms with Crippen LogP contribution in [0.5, 0.6) is 0 Å². The third-order valence-corrected chi connectivity index (χ3v) is 5.90. The number of likely N-dealkylation sites (N-methyl/N-ethyl adjacent to an activating group) is 1. The number of halogens is 1. The van der Waals surface area contributed by atoms with Crippen LogP contribution in [0.4, 0.5) is 4.79 Å². The van der Waals surface area contributed by atoms with Crippen LogP contribution in [0.15, 0.2) is 40.7 Å². The summed E-state index contributed by atoms with van der Waals surface area (Å²) in [6.45, 7) is 6.84. The van der Waals surface area contributed by atoms with Gasteiger partial charge < -0.3 is 9.80 Å². The number of imide groups is 1. The van der Waals surface area contributed by atoms with Crippen LogP contribution in [0.3, 0.4) is 0 Å². The van der Waals surface area contributed by atoms with Crippen molar-refractivity contribution in [2.75, 3.05) is 19.5 Å². The van der Waals surface area contributed by atoms with Gasteiger partial charge in [0.25, 0.3) is 5.91 Å². The molecule has 0 aromatic heterocycles. The van der Waals surface area contributed by atoms with Crippen LogP contribution >= 0.6 is 11.6 Å². The average molecular weight is 402 g/mol. The fourth-order valence-electron chi connectivity index (χ4n) is 4.17. The quantitative estimate of drug-likeness (QED) is 0.727. The molecule has 2 atom stereocenters. The van der Waals surface area contributed by atoms with E-state index < -0.39 is 12.2 Å². The molecule has 148 valence electrons. The van der Waals surface area contributed by atoms with E-state index in [0.29, 0.717) is 18.4 Å². The number of carbonyl (C=O) groups is 2. The van der Waals surface area contributed by atoms with Gasteiger partial charge in [0.05, 0.1) is 6.54 Å². The van der Waals surface area contributed by atoms with Crippen LogP contribution < -0.4 is 0 Å². The molecule has 0 radical (unpaired) electrons. The fourth-order valence-corrected chi connectivity index (χ4v) is 4.34. The van der Waals surface area contributed by atoms with Crippen molar-refractivity contribution in [3.63, 3.8) is 0 Å². The predicted molar refractivity (Wildman–Crippen MR) is 108 cm³/mol. The van der Waals surface area contributed by atoms with E-state index in [1.165, 1.54) is 4.90 Å². The number of hydrogen-bond acceptors (Lipinski definition) is 5. The molecule has 1 saturated heterocycles. The van der Waals surface area contributed by atoms with Crippen molar-refractivity contribution >= 4 is 29.5 Å². The standard InChI is InChI=1S/C20H24ClN5O2/c1-12-6-5-7-15(10-12)11-25-18(27)16-17(23(4)20(25)28)22-19-24(9-8-21)13(2)14(3)26(16)19/h5-7,10,16-17H,8-9,11H2,1-4H3. The number of guanidine groups is 1. The van der Waals surface area contributed by atoms with Gasteiger partial charge in [-0.3, -0.25) is 14.6 Å². The van der Waals surface area contributed by atoms with Gasteiger partial charge in [-0.15, -0.1) is 11.6 Å². The van der Waals surface area contributed by atoms with Crippen LogP contribution in [-0.2, 0) is 11.3 Å². The molecule has 0 saturated carbocycles. The summed E-state index contributed by atoms with van der Waals surface area (Å²) in [6.07, 6.45) is -0.523. The number of fused-ring (bicyclic) bond motifs is 3. The number of amides is 3. The minimum Gasteiger partial charge on any atom is -0.313 e. The summed E-state index contributed by atoms with van der Waals surface area (Å²) in [6, 6.07) is 7.00. The molecule has 2 unspecified atom stereocenters. The number of alkyl halides is 1. The topological polar surface area (TPSA) is 59.5 Å². The van der Waals surface area contributed by atoms with Crippen molar-refractivity contribution in [1.29, 1.82) is 0 Å². The molecule has 7 nitrogen and oxygen atoms in total. The lowest BCUT2D eigenvalue weighted by atomic mass is 10.1. The number of benzene rings is 1. The van der Waals surface area contributed by atoms with Crippen molar-refractivity contribution in [2.24, 2.45) is 4.99 Å². The van der Waals surface area contributed by atoms with Crippen molar-refractivity contribution in [3.8, 4) is 0 Å². The SMILES string of the molecule is CC1=C(C)N2C(=NC3C2C(=O)N(Cc2cccc(C)c2)C(=O)N3C)N1CCCl. The lowest BCUT2D eigenvalue weighted by Crippen LogP contribution is -2.64. The number of aryl methyl sites for hydroxylation is 1. The molecule has 3 aliphatic heterocycles. The molecule has 0 bridgehead atoms. The number of allylic oxidation sites excluding steroid dienone is 2. The van der Waals surface area contributed by atoms with Crippen LogP contribution in [0.1, 0.15) is 25.0 Å². The van der Waals surface area contributed by atoms with Crippen molar-refractivity contribution in [3.05, 3.63) is 46.8 Å². The Balaban J connectivity index is 1.67. The van der Waals surface area contributed by atoms with Crippen LogP contribution in [-0.4, -0.2) is 69.2 Å². The molecule has 0 aliphatic carbocycles. The highest BCUT2D eigenvalue weighted by molar-refractivity contribution is 6.18. The Morgan fingerprint density at radius 1 is 1.11 bits per heavy atom. The Hall–Kier alpha value is -2.54. The molecular formula is C20H24ClN5O2. The minimum absolute atomic E-state index is 0.215. The van der Waals surface area contributed by atoms with E-state index >= 15 is 0 Å². The maximum atomic E-state index is 13.4. The summed E-state index contributed by atoms with van der Waals surface area (Å²) in [5.74, 6) is 0.943. The van der Waals surface area contributed by atoms with E-state index in [-0.39, 0.29) is 18.5 Å². The van der Waals surface area contributed by atoms with Gasteiger partial charge in [0.2, 0.25) is 5.96 Å². The van der Waals surface area contributed by atoms with Crippen LogP contribution in [0.2, 0.25) is 0 Å². The number of nitrogens with zero attached hydrogens (tertiary/aromatic N) is 5. The third kappa shape index (κ3) is 2.68. The molecule has 3 aliphatic rings. The van der Waals surface area contributed by atoms with Crippen LogP contribution in [0, 0.1) is 6.92 Å². The highest BCUT2D eigenvalue weighted by atomic mass is 35.5. The Labute approximate surface area is 169 Å². The van der Waals surface area contributed by atoms with E-state index in [4.69, 9.17) is 16.6 Å². The molecule has 1 aromatic rings. The number of urea groups is 1. The monoisotopic (exact) mass is 401 g/mol. The first-order valence-corrected chi connectivity index (χ1v) is 9.90. The van der Waals surface area contributed by atoms with E-state index in [1.54, 1.807) is 11.9 Å². The predicted octanol–water partition coefficient (Wildman–Crippen LogP) is 2.56. The molecule has 0 N–H and O–H groups in total. The molecule has 0 spiro atoms. The van der Waals surface area contributed by atoms with E-state index in [1.807, 2.05) is 54.8 Å². The lowest BCUT2D eigenvalue weighted by molar-refractivity contribution is -0.137. The van der Waals surface area contributed by atoms with Crippen LogP contribution in [0.25, 0.3) is 0 Å². The Kier molecular flexibility index (Phi) is 4.57. The van der Waals surface area contributed by atoms with Gasteiger partial charge in [-0.05, 0) is 26.3 Å². The smallest absolute Gasteiger partial charge is 0.313 e. The molecule has 1 fully saturated rings. The van der Waals surface area contributed by atoms with Gasteiger partial charge in [0, 0.05) is 30.9 Å². The normalized spacial score (nSPS) is 24.2. The third-order valence-electron chi connectivity index (χ3n) is 5.73. The summed E-state index contributed by atoms with van der Waals surface area (Å²) < 4.78 is 0. The molecule has 1 aromatic carbocycles. The molecule has 28 heavy (non-hydrogen) atoms. The highest BCUT2D eigenvalue weighted by Gasteiger charge is 2.55. The Morgan fingerprint density at radius 2 is 1.86 bits per heavy atom. The first-order chi connectivity index (χ1) is 13.3.